The highest BCUT2D eigenvalue weighted by molar-refractivity contribution is 7.03. The van der Waals surface area contributed by atoms with Gasteiger partial charge in [-0.05, 0) is 30.5 Å². The molecular formula is C17H14N8O3S. The van der Waals surface area contributed by atoms with Crippen molar-refractivity contribution in [1.29, 1.82) is 0 Å². The number of fused-ring (bicyclic) bond motifs is 1. The monoisotopic (exact) mass is 410 g/mol. The predicted molar refractivity (Wildman–Crippen MR) is 104 cm³/mol. The van der Waals surface area contributed by atoms with Crippen LogP contribution in [-0.4, -0.2) is 46.0 Å². The molecule has 0 aromatic carbocycles. The van der Waals surface area contributed by atoms with Crippen LogP contribution in [-0.2, 0) is 0 Å². The summed E-state index contributed by atoms with van der Waals surface area (Å²) in [6.07, 6.45) is 6.58. The van der Waals surface area contributed by atoms with Crippen LogP contribution in [0.5, 0.6) is 5.88 Å². The van der Waals surface area contributed by atoms with Gasteiger partial charge in [-0.25, -0.2) is 14.2 Å². The first-order chi connectivity index (χ1) is 14.1. The normalized spacial score (nSPS) is 15.3. The molecule has 146 valence electrons. The van der Waals surface area contributed by atoms with Crippen LogP contribution in [0.4, 0.5) is 5.82 Å². The van der Waals surface area contributed by atoms with Crippen LogP contribution in [0.3, 0.4) is 0 Å². The average Bonchev–Trinajstić information content (AvgIpc) is 3.07. The third-order valence-electron chi connectivity index (χ3n) is 4.31. The summed E-state index contributed by atoms with van der Waals surface area (Å²) in [6, 6.07) is 1.89. The largest absolute Gasteiger partial charge is 0.493 e. The molecule has 4 heterocycles. The number of aromatic amines is 2. The third kappa shape index (κ3) is 3.40. The number of nitrogens with zero attached hydrogens (tertiary/aromatic N) is 5. The van der Waals surface area contributed by atoms with Crippen molar-refractivity contribution < 1.29 is 9.90 Å². The Bertz CT molecular complexity index is 1390. The maximum Gasteiger partial charge on any atom is 0.326 e. The second-order valence-corrected chi connectivity index (χ2v) is 7.21. The number of anilines is 1. The van der Waals surface area contributed by atoms with E-state index < -0.39 is 5.69 Å². The molecule has 0 saturated heterocycles. The second-order valence-electron chi connectivity index (χ2n) is 6.55. The van der Waals surface area contributed by atoms with Crippen molar-refractivity contribution in [2.45, 2.75) is 18.9 Å². The van der Waals surface area contributed by atoms with E-state index in [1.165, 1.54) is 23.8 Å². The van der Waals surface area contributed by atoms with E-state index in [2.05, 4.69) is 34.7 Å². The van der Waals surface area contributed by atoms with E-state index in [1.807, 2.05) is 0 Å². The number of carbonyl (C=O) groups is 1. The Labute approximate surface area is 165 Å². The Kier molecular flexibility index (Phi) is 3.98. The smallest absolute Gasteiger partial charge is 0.326 e. The van der Waals surface area contributed by atoms with Crippen LogP contribution >= 0.6 is 11.5 Å². The van der Waals surface area contributed by atoms with Gasteiger partial charge in [0.15, 0.2) is 11.1 Å². The van der Waals surface area contributed by atoms with Gasteiger partial charge in [0.1, 0.15) is 11.5 Å². The van der Waals surface area contributed by atoms with Crippen molar-refractivity contribution >= 4 is 35.0 Å². The summed E-state index contributed by atoms with van der Waals surface area (Å²) in [5.41, 5.74) is 1.09. The first-order valence-corrected chi connectivity index (χ1v) is 9.57. The summed E-state index contributed by atoms with van der Waals surface area (Å²) in [7, 11) is 0. The molecule has 4 aromatic heterocycles. The summed E-state index contributed by atoms with van der Waals surface area (Å²) in [6.45, 7) is 0. The van der Waals surface area contributed by atoms with E-state index in [-0.39, 0.29) is 23.5 Å². The van der Waals surface area contributed by atoms with Crippen molar-refractivity contribution in [3.63, 3.8) is 0 Å². The van der Waals surface area contributed by atoms with Gasteiger partial charge in [0.05, 0.1) is 24.0 Å². The molecule has 1 saturated carbocycles. The average molecular weight is 410 g/mol. The number of amides is 1. The molecule has 0 unspecified atom stereocenters. The van der Waals surface area contributed by atoms with Crippen molar-refractivity contribution in [1.82, 2.24) is 28.9 Å². The number of carbonyl (C=O) groups excluding carboxylic acids is 1. The van der Waals surface area contributed by atoms with E-state index in [0.29, 0.717) is 27.7 Å². The van der Waals surface area contributed by atoms with Gasteiger partial charge < -0.3 is 15.4 Å². The van der Waals surface area contributed by atoms with Gasteiger partial charge in [0.2, 0.25) is 5.88 Å². The molecule has 1 fully saturated rings. The van der Waals surface area contributed by atoms with E-state index in [9.17, 15) is 14.7 Å². The first kappa shape index (κ1) is 17.3. The third-order valence-corrected chi connectivity index (χ3v) is 4.90. The fourth-order valence-corrected chi connectivity index (χ4v) is 3.28. The van der Waals surface area contributed by atoms with E-state index in [4.69, 9.17) is 0 Å². The van der Waals surface area contributed by atoms with Crippen LogP contribution in [0, 0.1) is 0 Å². The molecule has 1 aliphatic carbocycles. The Morgan fingerprint density at radius 3 is 2.93 bits per heavy atom. The summed E-state index contributed by atoms with van der Waals surface area (Å²) >= 11 is 1.18. The highest BCUT2D eigenvalue weighted by Gasteiger charge is 2.20. The zero-order chi connectivity index (χ0) is 20.0. The molecule has 5 rings (SSSR count). The maximum atomic E-state index is 12.4. The molecule has 0 radical (unpaired) electrons. The van der Waals surface area contributed by atoms with Crippen LogP contribution < -0.4 is 21.7 Å². The zero-order valence-corrected chi connectivity index (χ0v) is 15.6. The number of aromatic nitrogens is 6. The summed E-state index contributed by atoms with van der Waals surface area (Å²) in [5, 5.41) is 19.1. The fourth-order valence-electron chi connectivity index (χ4n) is 2.77. The SMILES string of the molecule is O=C(Nc1cc(=NC2CC2)n2nc/c(=C\c3[nH]c(=O)[nH]c3O)c2n1)c1cnsc1. The van der Waals surface area contributed by atoms with Gasteiger partial charge >= 0.3 is 5.69 Å². The van der Waals surface area contributed by atoms with Gasteiger partial charge in [-0.1, -0.05) is 0 Å². The number of aromatic hydroxyl groups is 1. The predicted octanol–water partition coefficient (Wildman–Crippen LogP) is -0.229. The second kappa shape index (κ2) is 6.67. The molecule has 0 aliphatic heterocycles. The summed E-state index contributed by atoms with van der Waals surface area (Å²) < 4.78 is 5.49. The van der Waals surface area contributed by atoms with Gasteiger partial charge in [-0.3, -0.25) is 14.8 Å². The molecule has 0 atom stereocenters. The topological polar surface area (TPSA) is 153 Å². The Balaban J connectivity index is 1.66. The summed E-state index contributed by atoms with van der Waals surface area (Å²) in [4.78, 5) is 37.6. The minimum Gasteiger partial charge on any atom is -0.493 e. The molecule has 1 aliphatic rings. The maximum absolute atomic E-state index is 12.4. The molecule has 0 bridgehead atoms. The number of hydrogen-bond acceptors (Lipinski definition) is 8. The lowest BCUT2D eigenvalue weighted by Crippen LogP contribution is -2.22. The van der Waals surface area contributed by atoms with E-state index in [0.717, 1.165) is 12.8 Å². The molecule has 1 amide bonds. The van der Waals surface area contributed by atoms with Crippen molar-refractivity contribution in [3.05, 3.63) is 56.3 Å². The van der Waals surface area contributed by atoms with Gasteiger partial charge in [-0.15, -0.1) is 0 Å². The van der Waals surface area contributed by atoms with Crippen molar-refractivity contribution in [2.75, 3.05) is 5.32 Å². The molecule has 12 heteroatoms. The highest BCUT2D eigenvalue weighted by atomic mass is 32.1. The number of H-pyrrole nitrogens is 2. The minimum absolute atomic E-state index is 0.200. The van der Waals surface area contributed by atoms with Gasteiger partial charge in [0, 0.05) is 16.7 Å². The van der Waals surface area contributed by atoms with Crippen LogP contribution in [0.25, 0.3) is 11.7 Å². The lowest BCUT2D eigenvalue weighted by atomic mass is 10.3. The molecule has 11 nitrogen and oxygen atoms in total. The molecule has 0 spiro atoms. The number of nitrogens with one attached hydrogen (secondary N) is 3. The highest BCUT2D eigenvalue weighted by Crippen LogP contribution is 2.22. The van der Waals surface area contributed by atoms with Crippen molar-refractivity contribution in [2.24, 2.45) is 4.99 Å². The number of imidazole rings is 1. The lowest BCUT2D eigenvalue weighted by Gasteiger charge is -2.04. The van der Waals surface area contributed by atoms with Gasteiger partial charge in [0.25, 0.3) is 5.91 Å². The van der Waals surface area contributed by atoms with Crippen LogP contribution in [0.2, 0.25) is 0 Å². The fraction of sp³-hybridized carbons (Fsp3) is 0.176. The summed E-state index contributed by atoms with van der Waals surface area (Å²) in [5.74, 6) is -0.299. The van der Waals surface area contributed by atoms with Crippen molar-refractivity contribution in [3.8, 4) is 5.88 Å². The molecule has 4 N–H and O–H groups in total. The Morgan fingerprint density at radius 1 is 1.38 bits per heavy atom. The van der Waals surface area contributed by atoms with Crippen LogP contribution in [0.1, 0.15) is 28.9 Å². The number of hydrogen-bond donors (Lipinski definition) is 4. The van der Waals surface area contributed by atoms with Crippen LogP contribution in [0.15, 0.2) is 33.6 Å². The Morgan fingerprint density at radius 2 is 2.24 bits per heavy atom. The minimum atomic E-state index is -0.528. The van der Waals surface area contributed by atoms with Gasteiger partial charge in [-0.2, -0.15) is 9.61 Å². The quantitative estimate of drug-likeness (QED) is 0.364. The van der Waals surface area contributed by atoms with E-state index >= 15 is 0 Å². The number of rotatable bonds is 4. The molecule has 29 heavy (non-hydrogen) atoms. The Hall–Kier alpha value is -3.80. The van der Waals surface area contributed by atoms with E-state index in [1.54, 1.807) is 22.2 Å². The lowest BCUT2D eigenvalue weighted by molar-refractivity contribution is 0.102. The first-order valence-electron chi connectivity index (χ1n) is 8.73. The zero-order valence-electron chi connectivity index (χ0n) is 14.8. The molecular weight excluding hydrogens is 396 g/mol. The molecule has 4 aromatic rings. The standard InChI is InChI=1S/C17H14N8O3S/c26-15(9-6-19-29-7-9)23-12-4-13(20-10-1-2-10)25-14(22-12)8(5-18-25)3-11-16(27)24-17(28)21-11/h3-7,10,27H,1-2H2,(H,23,26)(H2,21,24,28)/b8-3+,20-13?.